The number of halogens is 1. The predicted octanol–water partition coefficient (Wildman–Crippen LogP) is 3.32. The van der Waals surface area contributed by atoms with Gasteiger partial charge in [-0.05, 0) is 29.6 Å². The zero-order valence-electron chi connectivity index (χ0n) is 9.38. The number of nitrogens with one attached hydrogen (secondary N) is 1. The number of benzene rings is 1. The molecule has 0 spiro atoms. The molecule has 0 amide bonds. The number of methoxy groups -OCH3 is 1. The van der Waals surface area contributed by atoms with Crippen molar-refractivity contribution < 1.29 is 13.2 Å². The van der Waals surface area contributed by atoms with Gasteiger partial charge in [0, 0.05) is 9.85 Å². The van der Waals surface area contributed by atoms with Gasteiger partial charge in [0.25, 0.3) is 10.0 Å². The Morgan fingerprint density at radius 1 is 1.33 bits per heavy atom. The van der Waals surface area contributed by atoms with Crippen LogP contribution in [0.2, 0.25) is 0 Å². The first-order chi connectivity index (χ1) is 8.53. The molecule has 0 saturated carbocycles. The number of hydrogen-bond donors (Lipinski definition) is 1. The molecule has 1 N–H and O–H groups in total. The molecule has 0 unspecified atom stereocenters. The van der Waals surface area contributed by atoms with Gasteiger partial charge in [-0.2, -0.15) is 11.3 Å². The van der Waals surface area contributed by atoms with Crippen molar-refractivity contribution in [1.82, 2.24) is 0 Å². The van der Waals surface area contributed by atoms with E-state index in [9.17, 15) is 8.42 Å². The predicted molar refractivity (Wildman–Crippen MR) is 75.8 cm³/mol. The zero-order valence-corrected chi connectivity index (χ0v) is 12.6. The van der Waals surface area contributed by atoms with E-state index >= 15 is 0 Å². The van der Waals surface area contributed by atoms with Crippen molar-refractivity contribution in [2.45, 2.75) is 4.90 Å². The third-order valence-corrected chi connectivity index (χ3v) is 4.77. The summed E-state index contributed by atoms with van der Waals surface area (Å²) in [7, 11) is -2.21. The molecule has 4 nitrogen and oxygen atoms in total. The van der Waals surface area contributed by atoms with Crippen molar-refractivity contribution in [3.8, 4) is 5.75 Å². The van der Waals surface area contributed by atoms with Gasteiger partial charge in [0.15, 0.2) is 0 Å². The molecule has 1 aromatic heterocycles. The smallest absolute Gasteiger partial charge is 0.265 e. The van der Waals surface area contributed by atoms with Crippen LogP contribution in [-0.2, 0) is 10.0 Å². The second kappa shape index (κ2) is 5.29. The number of ether oxygens (including phenoxy) is 1. The van der Waals surface area contributed by atoms with Crippen LogP contribution in [0.5, 0.6) is 5.75 Å². The Kier molecular flexibility index (Phi) is 3.94. The third-order valence-electron chi connectivity index (χ3n) is 2.19. The summed E-state index contributed by atoms with van der Waals surface area (Å²) in [6, 6.07) is 6.54. The number of hydrogen-bond acceptors (Lipinski definition) is 4. The lowest BCUT2D eigenvalue weighted by molar-refractivity contribution is 0.403. The lowest BCUT2D eigenvalue weighted by Gasteiger charge is -2.10. The van der Waals surface area contributed by atoms with Gasteiger partial charge in [-0.3, -0.25) is 4.72 Å². The quantitative estimate of drug-likeness (QED) is 0.922. The first-order valence-electron chi connectivity index (χ1n) is 4.91. The van der Waals surface area contributed by atoms with Crippen LogP contribution >= 0.6 is 27.3 Å². The molecule has 7 heteroatoms. The van der Waals surface area contributed by atoms with E-state index in [2.05, 4.69) is 20.7 Å². The Hall–Kier alpha value is -1.05. The second-order valence-corrected chi connectivity index (χ2v) is 6.76. The third kappa shape index (κ3) is 2.85. The Labute approximate surface area is 118 Å². The summed E-state index contributed by atoms with van der Waals surface area (Å²) >= 11 is 4.67. The fourth-order valence-corrected chi connectivity index (χ4v) is 3.81. The largest absolute Gasteiger partial charge is 0.495 e. The molecule has 0 saturated heterocycles. The van der Waals surface area contributed by atoms with E-state index in [1.165, 1.54) is 24.5 Å². The Balaban J connectivity index is 2.43. The fourth-order valence-electron chi connectivity index (χ4n) is 1.39. The molecule has 0 radical (unpaired) electrons. The minimum Gasteiger partial charge on any atom is -0.495 e. The number of thiophene rings is 1. The molecule has 18 heavy (non-hydrogen) atoms. The van der Waals surface area contributed by atoms with Crippen molar-refractivity contribution in [3.05, 3.63) is 39.5 Å². The van der Waals surface area contributed by atoms with Crippen LogP contribution in [-0.4, -0.2) is 15.5 Å². The van der Waals surface area contributed by atoms with Crippen molar-refractivity contribution in [3.63, 3.8) is 0 Å². The number of rotatable bonds is 4. The molecule has 0 aliphatic carbocycles. The van der Waals surface area contributed by atoms with E-state index in [0.29, 0.717) is 15.9 Å². The first kappa shape index (κ1) is 13.4. The van der Waals surface area contributed by atoms with Gasteiger partial charge in [0.1, 0.15) is 10.6 Å². The van der Waals surface area contributed by atoms with Crippen LogP contribution in [0.1, 0.15) is 0 Å². The van der Waals surface area contributed by atoms with E-state index in [1.807, 2.05) is 0 Å². The molecule has 2 rings (SSSR count). The van der Waals surface area contributed by atoms with Gasteiger partial charge in [0.05, 0.1) is 12.8 Å². The molecule has 0 bridgehead atoms. The molecule has 0 aliphatic rings. The molecule has 0 fully saturated rings. The fraction of sp³-hybridized carbons (Fsp3) is 0.0909. The van der Waals surface area contributed by atoms with Gasteiger partial charge in [-0.15, -0.1) is 0 Å². The van der Waals surface area contributed by atoms with E-state index in [-0.39, 0.29) is 4.90 Å². The van der Waals surface area contributed by atoms with Crippen molar-refractivity contribution in [2.24, 2.45) is 0 Å². The highest BCUT2D eigenvalue weighted by Crippen LogP contribution is 2.29. The summed E-state index contributed by atoms with van der Waals surface area (Å²) in [5.74, 6) is 0.306. The summed E-state index contributed by atoms with van der Waals surface area (Å²) in [6.07, 6.45) is 0. The summed E-state index contributed by atoms with van der Waals surface area (Å²) in [5.41, 5.74) is 0.544. The molecule has 0 atom stereocenters. The molecule has 1 aromatic carbocycles. The maximum Gasteiger partial charge on any atom is 0.265 e. The first-order valence-corrected chi connectivity index (χ1v) is 8.13. The Morgan fingerprint density at radius 3 is 2.72 bits per heavy atom. The SMILES string of the molecule is COc1ccc(Br)cc1S(=O)(=O)Nc1ccsc1. The minimum absolute atomic E-state index is 0.102. The highest BCUT2D eigenvalue weighted by Gasteiger charge is 2.20. The van der Waals surface area contributed by atoms with Crippen molar-refractivity contribution in [1.29, 1.82) is 0 Å². The normalized spacial score (nSPS) is 11.2. The van der Waals surface area contributed by atoms with E-state index in [0.717, 1.165) is 0 Å². The summed E-state index contributed by atoms with van der Waals surface area (Å²) in [5, 5.41) is 3.53. The lowest BCUT2D eigenvalue weighted by Crippen LogP contribution is -2.13. The van der Waals surface area contributed by atoms with Crippen LogP contribution in [0.15, 0.2) is 44.4 Å². The van der Waals surface area contributed by atoms with Crippen LogP contribution in [0.3, 0.4) is 0 Å². The Morgan fingerprint density at radius 2 is 2.11 bits per heavy atom. The van der Waals surface area contributed by atoms with Crippen molar-refractivity contribution in [2.75, 3.05) is 11.8 Å². The van der Waals surface area contributed by atoms with Gasteiger partial charge in [-0.1, -0.05) is 15.9 Å². The van der Waals surface area contributed by atoms with Crippen LogP contribution in [0.4, 0.5) is 5.69 Å². The number of sulfonamides is 1. The molecular weight excluding hydrogens is 338 g/mol. The van der Waals surface area contributed by atoms with Crippen molar-refractivity contribution >= 4 is 43.0 Å². The van der Waals surface area contributed by atoms with Crippen LogP contribution in [0.25, 0.3) is 0 Å². The molecule has 2 aromatic rings. The van der Waals surface area contributed by atoms with Crippen LogP contribution in [0, 0.1) is 0 Å². The Bertz CT molecular complexity index is 638. The molecule has 96 valence electrons. The minimum atomic E-state index is -3.65. The number of anilines is 1. The van der Waals surface area contributed by atoms with Gasteiger partial charge < -0.3 is 4.74 Å². The average Bonchev–Trinajstić information content (AvgIpc) is 2.81. The molecule has 1 heterocycles. The van der Waals surface area contributed by atoms with E-state index in [4.69, 9.17) is 4.74 Å². The lowest BCUT2D eigenvalue weighted by atomic mass is 10.3. The average molecular weight is 348 g/mol. The van der Waals surface area contributed by atoms with E-state index in [1.54, 1.807) is 29.0 Å². The molecular formula is C11H10BrNO3S2. The highest BCUT2D eigenvalue weighted by atomic mass is 79.9. The highest BCUT2D eigenvalue weighted by molar-refractivity contribution is 9.10. The topological polar surface area (TPSA) is 55.4 Å². The maximum atomic E-state index is 12.2. The van der Waals surface area contributed by atoms with Gasteiger partial charge >= 0.3 is 0 Å². The molecule has 0 aliphatic heterocycles. The summed E-state index contributed by atoms with van der Waals surface area (Å²) in [6.45, 7) is 0. The summed E-state index contributed by atoms with van der Waals surface area (Å²) < 4.78 is 32.7. The monoisotopic (exact) mass is 347 g/mol. The van der Waals surface area contributed by atoms with Crippen LogP contribution < -0.4 is 9.46 Å². The summed E-state index contributed by atoms with van der Waals surface area (Å²) in [4.78, 5) is 0.102. The second-order valence-electron chi connectivity index (χ2n) is 3.41. The zero-order chi connectivity index (χ0) is 13.2. The standard InChI is InChI=1S/C11H10BrNO3S2/c1-16-10-3-2-8(12)6-11(10)18(14,15)13-9-4-5-17-7-9/h2-7,13H,1H3. The van der Waals surface area contributed by atoms with E-state index < -0.39 is 10.0 Å². The maximum absolute atomic E-state index is 12.2. The van der Waals surface area contributed by atoms with Gasteiger partial charge in [-0.25, -0.2) is 8.42 Å². The van der Waals surface area contributed by atoms with Gasteiger partial charge in [0.2, 0.25) is 0 Å².